The first-order valence-corrected chi connectivity index (χ1v) is 4.58. The fourth-order valence-electron chi connectivity index (χ4n) is 1.02. The van der Waals surface area contributed by atoms with Crippen LogP contribution in [0.4, 0.5) is 0 Å². The monoisotopic (exact) mass is 278 g/mol. The second-order valence-corrected chi connectivity index (χ2v) is 3.51. The molecule has 14 heavy (non-hydrogen) atoms. The molecule has 0 spiro atoms. The number of benzene rings is 1. The van der Waals surface area contributed by atoms with Gasteiger partial charge in [0, 0.05) is 10.9 Å². The molecule has 0 saturated carbocycles. The van der Waals surface area contributed by atoms with E-state index in [1.54, 1.807) is 7.11 Å². The summed E-state index contributed by atoms with van der Waals surface area (Å²) in [6.07, 6.45) is 0.442. The van der Waals surface area contributed by atoms with E-state index in [0.29, 0.717) is 6.42 Å². The first kappa shape index (κ1) is 13.3. The SMILES string of the molecule is COc1ccc(Br)c(CC(=N)N)c1.Cl. The third-order valence-corrected chi connectivity index (χ3v) is 2.41. The summed E-state index contributed by atoms with van der Waals surface area (Å²) in [5.41, 5.74) is 6.27. The van der Waals surface area contributed by atoms with Crippen molar-refractivity contribution in [2.24, 2.45) is 5.73 Å². The molecule has 0 radical (unpaired) electrons. The van der Waals surface area contributed by atoms with Gasteiger partial charge in [0.05, 0.1) is 12.9 Å². The Hall–Kier alpha value is -0.740. The summed E-state index contributed by atoms with van der Waals surface area (Å²) in [7, 11) is 1.61. The van der Waals surface area contributed by atoms with Crippen molar-refractivity contribution in [2.45, 2.75) is 6.42 Å². The van der Waals surface area contributed by atoms with Crippen LogP contribution in [0.25, 0.3) is 0 Å². The molecule has 0 bridgehead atoms. The molecular formula is C9H12BrClN2O. The Morgan fingerprint density at radius 3 is 2.71 bits per heavy atom. The van der Waals surface area contributed by atoms with Crippen LogP contribution in [0, 0.1) is 5.41 Å². The van der Waals surface area contributed by atoms with E-state index in [-0.39, 0.29) is 18.2 Å². The molecule has 0 atom stereocenters. The highest BCUT2D eigenvalue weighted by Crippen LogP contribution is 2.22. The third-order valence-electron chi connectivity index (χ3n) is 1.63. The molecule has 0 saturated heterocycles. The Morgan fingerprint density at radius 1 is 1.57 bits per heavy atom. The predicted octanol–water partition coefficient (Wildman–Crippen LogP) is 2.36. The van der Waals surface area contributed by atoms with Gasteiger partial charge >= 0.3 is 0 Å². The van der Waals surface area contributed by atoms with Gasteiger partial charge in [-0.2, -0.15) is 0 Å². The maximum Gasteiger partial charge on any atom is 0.119 e. The molecule has 0 fully saturated rings. The number of ether oxygens (including phenoxy) is 1. The van der Waals surface area contributed by atoms with Gasteiger partial charge in [-0.3, -0.25) is 5.41 Å². The second kappa shape index (κ2) is 5.88. The number of rotatable bonds is 3. The molecule has 1 aromatic carbocycles. The van der Waals surface area contributed by atoms with Gasteiger partial charge in [-0.25, -0.2) is 0 Å². The molecule has 0 aliphatic rings. The number of hydrogen-bond acceptors (Lipinski definition) is 2. The third kappa shape index (κ3) is 3.55. The molecule has 3 nitrogen and oxygen atoms in total. The topological polar surface area (TPSA) is 59.1 Å². The van der Waals surface area contributed by atoms with E-state index in [1.807, 2.05) is 18.2 Å². The van der Waals surface area contributed by atoms with Crippen LogP contribution < -0.4 is 10.5 Å². The van der Waals surface area contributed by atoms with E-state index < -0.39 is 0 Å². The average Bonchev–Trinajstić information content (AvgIpc) is 2.08. The molecule has 0 heterocycles. The number of methoxy groups -OCH3 is 1. The van der Waals surface area contributed by atoms with Gasteiger partial charge < -0.3 is 10.5 Å². The molecular weight excluding hydrogens is 267 g/mol. The smallest absolute Gasteiger partial charge is 0.119 e. The molecule has 1 aromatic rings. The number of halogens is 2. The molecule has 1 rings (SSSR count). The van der Waals surface area contributed by atoms with Gasteiger partial charge in [-0.05, 0) is 23.8 Å². The van der Waals surface area contributed by atoms with Gasteiger partial charge in [0.25, 0.3) is 0 Å². The summed E-state index contributed by atoms with van der Waals surface area (Å²) >= 11 is 3.38. The van der Waals surface area contributed by atoms with Crippen LogP contribution in [0.3, 0.4) is 0 Å². The fraction of sp³-hybridized carbons (Fsp3) is 0.222. The minimum Gasteiger partial charge on any atom is -0.497 e. The minimum absolute atomic E-state index is 0. The first-order chi connectivity index (χ1) is 6.13. The van der Waals surface area contributed by atoms with E-state index in [0.717, 1.165) is 15.8 Å². The Bertz CT molecular complexity index is 331. The summed E-state index contributed by atoms with van der Waals surface area (Å²) in [6, 6.07) is 5.61. The summed E-state index contributed by atoms with van der Waals surface area (Å²) < 4.78 is 6.01. The fourth-order valence-corrected chi connectivity index (χ4v) is 1.41. The Balaban J connectivity index is 0.00000169. The van der Waals surface area contributed by atoms with E-state index in [1.165, 1.54) is 0 Å². The van der Waals surface area contributed by atoms with Gasteiger partial charge in [-0.1, -0.05) is 15.9 Å². The molecule has 78 valence electrons. The van der Waals surface area contributed by atoms with E-state index in [9.17, 15) is 0 Å². The van der Waals surface area contributed by atoms with Crippen LogP contribution in [-0.4, -0.2) is 12.9 Å². The van der Waals surface area contributed by atoms with Gasteiger partial charge in [-0.15, -0.1) is 12.4 Å². The normalized spacial score (nSPS) is 9.00. The van der Waals surface area contributed by atoms with Crippen molar-refractivity contribution in [1.29, 1.82) is 5.41 Å². The number of amidine groups is 1. The van der Waals surface area contributed by atoms with Crippen LogP contribution in [0.15, 0.2) is 22.7 Å². The maximum absolute atomic E-state index is 7.17. The molecule has 0 aromatic heterocycles. The highest BCUT2D eigenvalue weighted by atomic mass is 79.9. The number of nitrogens with one attached hydrogen (secondary N) is 1. The summed E-state index contributed by atoms with van der Waals surface area (Å²) in [4.78, 5) is 0. The lowest BCUT2D eigenvalue weighted by atomic mass is 10.1. The summed E-state index contributed by atoms with van der Waals surface area (Å²) in [5.74, 6) is 0.924. The molecule has 5 heteroatoms. The molecule has 0 aliphatic heterocycles. The summed E-state index contributed by atoms with van der Waals surface area (Å²) in [5, 5.41) is 7.17. The zero-order valence-electron chi connectivity index (χ0n) is 7.71. The lowest BCUT2D eigenvalue weighted by Gasteiger charge is -2.05. The summed E-state index contributed by atoms with van der Waals surface area (Å²) in [6.45, 7) is 0. The van der Waals surface area contributed by atoms with E-state index in [4.69, 9.17) is 15.9 Å². The zero-order valence-corrected chi connectivity index (χ0v) is 10.1. The van der Waals surface area contributed by atoms with Crippen molar-refractivity contribution < 1.29 is 4.74 Å². The maximum atomic E-state index is 7.17. The van der Waals surface area contributed by atoms with Crippen molar-refractivity contribution in [3.8, 4) is 5.75 Å². The minimum atomic E-state index is 0. The Morgan fingerprint density at radius 2 is 2.21 bits per heavy atom. The number of nitrogens with two attached hydrogens (primary N) is 1. The zero-order chi connectivity index (χ0) is 9.84. The molecule has 0 unspecified atom stereocenters. The van der Waals surface area contributed by atoms with Crippen molar-refractivity contribution in [1.82, 2.24) is 0 Å². The number of hydrogen-bond donors (Lipinski definition) is 2. The second-order valence-electron chi connectivity index (χ2n) is 2.66. The van der Waals surface area contributed by atoms with Crippen LogP contribution in [0.2, 0.25) is 0 Å². The Labute approximate surface area is 97.7 Å². The van der Waals surface area contributed by atoms with E-state index >= 15 is 0 Å². The van der Waals surface area contributed by atoms with Crippen molar-refractivity contribution >= 4 is 34.2 Å². The lowest BCUT2D eigenvalue weighted by molar-refractivity contribution is 0.414. The van der Waals surface area contributed by atoms with E-state index in [2.05, 4.69) is 15.9 Å². The van der Waals surface area contributed by atoms with Crippen molar-refractivity contribution in [3.63, 3.8) is 0 Å². The Kier molecular flexibility index (Phi) is 5.57. The molecule has 3 N–H and O–H groups in total. The molecule has 0 aliphatic carbocycles. The highest BCUT2D eigenvalue weighted by Gasteiger charge is 2.02. The van der Waals surface area contributed by atoms with Crippen LogP contribution >= 0.6 is 28.3 Å². The van der Waals surface area contributed by atoms with Crippen LogP contribution in [0.1, 0.15) is 5.56 Å². The van der Waals surface area contributed by atoms with Crippen LogP contribution in [0.5, 0.6) is 5.75 Å². The van der Waals surface area contributed by atoms with Crippen molar-refractivity contribution in [2.75, 3.05) is 7.11 Å². The van der Waals surface area contributed by atoms with Gasteiger partial charge in [0.1, 0.15) is 5.75 Å². The van der Waals surface area contributed by atoms with Crippen molar-refractivity contribution in [3.05, 3.63) is 28.2 Å². The average molecular weight is 280 g/mol. The quantitative estimate of drug-likeness (QED) is 0.659. The molecule has 0 amide bonds. The standard InChI is InChI=1S/C9H11BrN2O.ClH/c1-13-7-2-3-8(10)6(4-7)5-9(11)12;/h2-4H,5H2,1H3,(H3,11,12);1H. The first-order valence-electron chi connectivity index (χ1n) is 3.79. The largest absolute Gasteiger partial charge is 0.497 e. The lowest BCUT2D eigenvalue weighted by Crippen LogP contribution is -2.13. The predicted molar refractivity (Wildman–Crippen MR) is 63.6 cm³/mol. The van der Waals surface area contributed by atoms with Crippen LogP contribution in [-0.2, 0) is 6.42 Å². The highest BCUT2D eigenvalue weighted by molar-refractivity contribution is 9.10. The van der Waals surface area contributed by atoms with Gasteiger partial charge in [0.15, 0.2) is 0 Å². The van der Waals surface area contributed by atoms with Gasteiger partial charge in [0.2, 0.25) is 0 Å².